The van der Waals surface area contributed by atoms with Crippen molar-refractivity contribution < 1.29 is 23.5 Å². The summed E-state index contributed by atoms with van der Waals surface area (Å²) in [6.45, 7) is 5.56. The fraction of sp³-hybridized carbons (Fsp3) is 0.500. The maximum Gasteiger partial charge on any atom is 0.411 e. The molecule has 1 fully saturated rings. The van der Waals surface area contributed by atoms with Gasteiger partial charge in [-0.05, 0) is 45.0 Å². The van der Waals surface area contributed by atoms with Crippen LogP contribution in [-0.2, 0) is 9.53 Å². The van der Waals surface area contributed by atoms with Gasteiger partial charge in [-0.25, -0.2) is 9.18 Å². The van der Waals surface area contributed by atoms with Gasteiger partial charge in [0, 0.05) is 6.42 Å². The average molecular weight is 309 g/mol. The van der Waals surface area contributed by atoms with Gasteiger partial charge in [0.15, 0.2) is 0 Å². The summed E-state index contributed by atoms with van der Waals surface area (Å²) in [5.74, 6) is 0.155. The molecule has 1 aliphatic rings. The Morgan fingerprint density at radius 3 is 2.50 bits per heavy atom. The standard InChI is InChI=1S/C16H20FNO4/c1-16(2,3)22-15(20)18-9-14(8-12(18)10-19)21-13-6-4-11(17)5-7-13/h4-7,10,12,14H,8-9H2,1-3H3/t12-,14+/m0/s1. The van der Waals surface area contributed by atoms with Gasteiger partial charge >= 0.3 is 6.09 Å². The topological polar surface area (TPSA) is 55.8 Å². The number of carbonyl (C=O) groups is 2. The molecule has 0 N–H and O–H groups in total. The van der Waals surface area contributed by atoms with Crippen LogP contribution in [-0.4, -0.2) is 41.6 Å². The third kappa shape index (κ3) is 4.19. The Balaban J connectivity index is 2.01. The highest BCUT2D eigenvalue weighted by Gasteiger charge is 2.38. The molecule has 5 nitrogen and oxygen atoms in total. The number of likely N-dealkylation sites (tertiary alicyclic amines) is 1. The number of hydrogen-bond acceptors (Lipinski definition) is 4. The zero-order chi connectivity index (χ0) is 16.3. The van der Waals surface area contributed by atoms with E-state index in [1.165, 1.54) is 29.2 Å². The molecule has 6 heteroatoms. The van der Waals surface area contributed by atoms with Gasteiger partial charge < -0.3 is 14.3 Å². The number of carbonyl (C=O) groups excluding carboxylic acids is 2. The molecular weight excluding hydrogens is 289 g/mol. The van der Waals surface area contributed by atoms with Crippen LogP contribution < -0.4 is 4.74 Å². The number of nitrogens with zero attached hydrogens (tertiary/aromatic N) is 1. The molecular formula is C16H20FNO4. The van der Waals surface area contributed by atoms with Crippen molar-refractivity contribution in [2.75, 3.05) is 6.54 Å². The molecule has 2 rings (SSSR count). The van der Waals surface area contributed by atoms with Crippen LogP contribution in [0.15, 0.2) is 24.3 Å². The number of rotatable bonds is 3. The molecule has 2 atom stereocenters. The van der Waals surface area contributed by atoms with Crippen molar-refractivity contribution >= 4 is 12.4 Å². The summed E-state index contributed by atoms with van der Waals surface area (Å²) in [5, 5.41) is 0. The first kappa shape index (κ1) is 16.3. The van der Waals surface area contributed by atoms with Crippen LogP contribution in [0.3, 0.4) is 0 Å². The van der Waals surface area contributed by atoms with Gasteiger partial charge in [-0.3, -0.25) is 4.90 Å². The van der Waals surface area contributed by atoms with Gasteiger partial charge in [0.2, 0.25) is 0 Å². The van der Waals surface area contributed by atoms with Crippen molar-refractivity contribution in [2.45, 2.75) is 44.9 Å². The maximum absolute atomic E-state index is 12.9. The van der Waals surface area contributed by atoms with E-state index in [0.717, 1.165) is 6.29 Å². The van der Waals surface area contributed by atoms with Crippen LogP contribution in [0.1, 0.15) is 27.2 Å². The number of halogens is 1. The summed E-state index contributed by atoms with van der Waals surface area (Å²) in [6, 6.07) is 5.06. The fourth-order valence-corrected chi connectivity index (χ4v) is 2.28. The predicted octanol–water partition coefficient (Wildman–Crippen LogP) is 2.78. The third-order valence-electron chi connectivity index (χ3n) is 3.21. The van der Waals surface area contributed by atoms with Gasteiger partial charge in [-0.1, -0.05) is 0 Å². The normalized spacial score (nSPS) is 21.5. The van der Waals surface area contributed by atoms with Gasteiger partial charge in [0.1, 0.15) is 29.6 Å². The van der Waals surface area contributed by atoms with Crippen LogP contribution >= 0.6 is 0 Å². The van der Waals surface area contributed by atoms with Crippen LogP contribution in [0.25, 0.3) is 0 Å². The largest absolute Gasteiger partial charge is 0.488 e. The summed E-state index contributed by atoms with van der Waals surface area (Å²) in [5.41, 5.74) is -0.625. The van der Waals surface area contributed by atoms with Crippen LogP contribution in [0, 0.1) is 5.82 Å². The smallest absolute Gasteiger partial charge is 0.411 e. The molecule has 0 unspecified atom stereocenters. The Labute approximate surface area is 129 Å². The zero-order valence-corrected chi connectivity index (χ0v) is 12.9. The van der Waals surface area contributed by atoms with Crippen molar-refractivity contribution in [1.29, 1.82) is 0 Å². The summed E-state index contributed by atoms with van der Waals surface area (Å²) in [7, 11) is 0. The first-order valence-corrected chi connectivity index (χ1v) is 7.15. The highest BCUT2D eigenvalue weighted by Crippen LogP contribution is 2.24. The van der Waals surface area contributed by atoms with Crippen molar-refractivity contribution in [3.05, 3.63) is 30.1 Å². The average Bonchev–Trinajstić information content (AvgIpc) is 2.83. The highest BCUT2D eigenvalue weighted by atomic mass is 19.1. The van der Waals surface area contributed by atoms with E-state index in [2.05, 4.69) is 0 Å². The van der Waals surface area contributed by atoms with Gasteiger partial charge in [0.05, 0.1) is 12.6 Å². The van der Waals surface area contributed by atoms with Crippen LogP contribution in [0.5, 0.6) is 5.75 Å². The van der Waals surface area contributed by atoms with E-state index in [-0.39, 0.29) is 18.5 Å². The molecule has 1 saturated heterocycles. The van der Waals surface area contributed by atoms with Crippen LogP contribution in [0.2, 0.25) is 0 Å². The van der Waals surface area contributed by atoms with E-state index in [4.69, 9.17) is 9.47 Å². The van der Waals surface area contributed by atoms with Gasteiger partial charge in [-0.15, -0.1) is 0 Å². The molecule has 0 spiro atoms. The molecule has 1 aromatic rings. The molecule has 1 aromatic carbocycles. The second-order valence-corrected chi connectivity index (χ2v) is 6.27. The number of hydrogen-bond donors (Lipinski definition) is 0. The zero-order valence-electron chi connectivity index (χ0n) is 12.9. The molecule has 22 heavy (non-hydrogen) atoms. The van der Waals surface area contributed by atoms with Crippen molar-refractivity contribution in [3.8, 4) is 5.75 Å². The molecule has 1 amide bonds. The highest BCUT2D eigenvalue weighted by molar-refractivity contribution is 5.74. The first-order valence-electron chi connectivity index (χ1n) is 7.15. The quantitative estimate of drug-likeness (QED) is 0.806. The van der Waals surface area contributed by atoms with Gasteiger partial charge in [0.25, 0.3) is 0 Å². The molecule has 0 bridgehead atoms. The summed E-state index contributed by atoms with van der Waals surface area (Å²) in [6.07, 6.45) is 0.251. The van der Waals surface area contributed by atoms with Crippen LogP contribution in [0.4, 0.5) is 9.18 Å². The Morgan fingerprint density at radius 1 is 1.32 bits per heavy atom. The van der Waals surface area contributed by atoms with E-state index in [9.17, 15) is 14.0 Å². The van der Waals surface area contributed by atoms with E-state index < -0.39 is 17.7 Å². The monoisotopic (exact) mass is 309 g/mol. The van der Waals surface area contributed by atoms with Crippen molar-refractivity contribution in [1.82, 2.24) is 4.90 Å². The third-order valence-corrected chi connectivity index (χ3v) is 3.21. The van der Waals surface area contributed by atoms with E-state index >= 15 is 0 Å². The molecule has 1 heterocycles. The Morgan fingerprint density at radius 2 is 1.95 bits per heavy atom. The molecule has 0 aliphatic carbocycles. The minimum atomic E-state index is -0.625. The fourth-order valence-electron chi connectivity index (χ4n) is 2.28. The Hall–Kier alpha value is -2.11. The Bertz CT molecular complexity index is 538. The van der Waals surface area contributed by atoms with Crippen molar-refractivity contribution in [3.63, 3.8) is 0 Å². The first-order chi connectivity index (χ1) is 10.3. The summed E-state index contributed by atoms with van der Waals surface area (Å²) in [4.78, 5) is 24.7. The maximum atomic E-state index is 12.9. The summed E-state index contributed by atoms with van der Waals surface area (Å²) >= 11 is 0. The molecule has 120 valence electrons. The lowest BCUT2D eigenvalue weighted by atomic mass is 10.2. The van der Waals surface area contributed by atoms with Gasteiger partial charge in [-0.2, -0.15) is 0 Å². The number of amides is 1. The predicted molar refractivity (Wildman–Crippen MR) is 78.2 cm³/mol. The summed E-state index contributed by atoms with van der Waals surface area (Å²) < 4.78 is 23.9. The Kier molecular flexibility index (Phi) is 4.68. The number of aldehydes is 1. The minimum absolute atomic E-state index is 0.260. The van der Waals surface area contributed by atoms with E-state index in [1.54, 1.807) is 20.8 Å². The van der Waals surface area contributed by atoms with E-state index in [1.807, 2.05) is 0 Å². The lowest BCUT2D eigenvalue weighted by Gasteiger charge is -2.26. The number of benzene rings is 1. The minimum Gasteiger partial charge on any atom is -0.488 e. The second-order valence-electron chi connectivity index (χ2n) is 6.27. The lowest BCUT2D eigenvalue weighted by molar-refractivity contribution is -0.111. The number of ether oxygens (including phenoxy) is 2. The SMILES string of the molecule is CC(C)(C)OC(=O)N1C[C@H](Oc2ccc(F)cc2)C[C@H]1C=O. The molecule has 0 radical (unpaired) electrons. The molecule has 0 saturated carbocycles. The van der Waals surface area contributed by atoms with E-state index in [0.29, 0.717) is 12.2 Å². The lowest BCUT2D eigenvalue weighted by Crippen LogP contribution is -2.41. The molecule has 1 aliphatic heterocycles. The molecule has 0 aromatic heterocycles. The second kappa shape index (κ2) is 6.34. The van der Waals surface area contributed by atoms with Crippen molar-refractivity contribution in [2.24, 2.45) is 0 Å².